The van der Waals surface area contributed by atoms with Crippen LogP contribution in [-0.4, -0.2) is 6.61 Å². The molecule has 0 N–H and O–H groups in total. The Labute approximate surface area is 114 Å². The van der Waals surface area contributed by atoms with Crippen molar-refractivity contribution in [2.24, 2.45) is 11.3 Å². The highest BCUT2D eigenvalue weighted by molar-refractivity contribution is 5.43. The first-order valence-corrected chi connectivity index (χ1v) is 7.26. The lowest BCUT2D eigenvalue weighted by Crippen LogP contribution is -2.04. The summed E-state index contributed by atoms with van der Waals surface area (Å²) >= 11 is 0. The van der Waals surface area contributed by atoms with Gasteiger partial charge in [0.05, 0.1) is 6.61 Å². The smallest absolute Gasteiger partial charge is 0.125 e. The Balaban J connectivity index is 0.000000659. The second-order valence-electron chi connectivity index (χ2n) is 4.98. The zero-order chi connectivity index (χ0) is 14.3. The molecule has 0 aromatic carbocycles. The molecule has 1 aliphatic carbocycles. The second kappa shape index (κ2) is 7.45. The first-order chi connectivity index (χ1) is 8.49. The van der Waals surface area contributed by atoms with Crippen LogP contribution in [0.15, 0.2) is 35.1 Å². The van der Waals surface area contributed by atoms with Crippen LogP contribution in [0.25, 0.3) is 0 Å². The van der Waals surface area contributed by atoms with E-state index in [1.807, 2.05) is 27.7 Å². The first-order valence-electron chi connectivity index (χ1n) is 7.26. The van der Waals surface area contributed by atoms with Crippen LogP contribution in [-0.2, 0) is 4.74 Å². The lowest BCUT2D eigenvalue weighted by molar-refractivity contribution is 0.229. The van der Waals surface area contributed by atoms with Gasteiger partial charge < -0.3 is 4.74 Å². The zero-order valence-electron chi connectivity index (χ0n) is 13.4. The van der Waals surface area contributed by atoms with E-state index in [2.05, 4.69) is 45.9 Å². The van der Waals surface area contributed by atoms with Crippen molar-refractivity contribution in [3.8, 4) is 0 Å². The van der Waals surface area contributed by atoms with E-state index in [4.69, 9.17) is 4.74 Å². The van der Waals surface area contributed by atoms with Gasteiger partial charge in [-0.15, -0.1) is 0 Å². The van der Waals surface area contributed by atoms with Crippen LogP contribution in [0, 0.1) is 11.3 Å². The fourth-order valence-electron chi connectivity index (χ4n) is 2.16. The molecule has 0 fully saturated rings. The minimum Gasteiger partial charge on any atom is -0.492 e. The van der Waals surface area contributed by atoms with Gasteiger partial charge in [-0.3, -0.25) is 0 Å². The maximum atomic E-state index is 5.71. The molecular formula is C17H30O. The van der Waals surface area contributed by atoms with E-state index in [-0.39, 0.29) is 5.41 Å². The summed E-state index contributed by atoms with van der Waals surface area (Å²) in [5, 5.41) is 0. The number of ether oxygens (including phenoxy) is 1. The van der Waals surface area contributed by atoms with Crippen molar-refractivity contribution in [2.45, 2.75) is 55.4 Å². The average molecular weight is 250 g/mol. The van der Waals surface area contributed by atoms with Crippen molar-refractivity contribution in [2.75, 3.05) is 6.61 Å². The quantitative estimate of drug-likeness (QED) is 0.551. The topological polar surface area (TPSA) is 9.23 Å². The number of hydrogen-bond donors (Lipinski definition) is 0. The number of allylic oxidation sites excluding steroid dienone is 4. The van der Waals surface area contributed by atoms with Gasteiger partial charge in [0.25, 0.3) is 0 Å². The lowest BCUT2D eigenvalue weighted by atomic mass is 9.91. The Morgan fingerprint density at radius 3 is 2.28 bits per heavy atom. The Kier molecular flexibility index (Phi) is 7.05. The van der Waals surface area contributed by atoms with Crippen molar-refractivity contribution in [1.82, 2.24) is 0 Å². The standard InChI is InChI=1S/C13H18O.2C2H6/c1-9-7-13(3,4)6-5-11-10(2)8-14-12(9)11;2*1-2/h5-7,10H,8H2,1-4H3;2*1-2H3. The summed E-state index contributed by atoms with van der Waals surface area (Å²) < 4.78 is 5.71. The molecule has 1 unspecified atom stereocenters. The van der Waals surface area contributed by atoms with Gasteiger partial charge in [0, 0.05) is 16.9 Å². The molecule has 1 atom stereocenters. The third kappa shape index (κ3) is 4.04. The molecule has 0 saturated carbocycles. The van der Waals surface area contributed by atoms with Gasteiger partial charge in [0.1, 0.15) is 5.76 Å². The third-order valence-electron chi connectivity index (χ3n) is 2.91. The van der Waals surface area contributed by atoms with E-state index in [0.29, 0.717) is 5.92 Å². The predicted octanol–water partition coefficient (Wildman–Crippen LogP) is 5.50. The van der Waals surface area contributed by atoms with Gasteiger partial charge in [0.15, 0.2) is 0 Å². The molecule has 104 valence electrons. The van der Waals surface area contributed by atoms with Crippen LogP contribution >= 0.6 is 0 Å². The largest absolute Gasteiger partial charge is 0.492 e. The average Bonchev–Trinajstić information content (AvgIpc) is 2.67. The Hall–Kier alpha value is -0.980. The SMILES string of the molecule is CC.CC.CC1=CC(C)(C)C=CC2=C1OCC2C. The number of rotatable bonds is 0. The summed E-state index contributed by atoms with van der Waals surface area (Å²) in [5.41, 5.74) is 2.79. The zero-order valence-corrected chi connectivity index (χ0v) is 13.4. The Morgan fingerprint density at radius 2 is 1.72 bits per heavy atom. The highest BCUT2D eigenvalue weighted by Gasteiger charge is 2.26. The third-order valence-corrected chi connectivity index (χ3v) is 2.91. The van der Waals surface area contributed by atoms with Crippen molar-refractivity contribution < 1.29 is 4.74 Å². The summed E-state index contributed by atoms with van der Waals surface area (Å²) in [6.45, 7) is 17.6. The molecule has 1 aliphatic heterocycles. The molecule has 2 rings (SSSR count). The maximum Gasteiger partial charge on any atom is 0.125 e. The molecule has 0 bridgehead atoms. The Morgan fingerprint density at radius 1 is 1.17 bits per heavy atom. The summed E-state index contributed by atoms with van der Waals surface area (Å²) in [6, 6.07) is 0. The molecular weight excluding hydrogens is 220 g/mol. The molecule has 18 heavy (non-hydrogen) atoms. The molecule has 1 heteroatoms. The molecule has 0 radical (unpaired) electrons. The van der Waals surface area contributed by atoms with Crippen LogP contribution in [0.4, 0.5) is 0 Å². The van der Waals surface area contributed by atoms with Crippen LogP contribution in [0.3, 0.4) is 0 Å². The highest BCUT2D eigenvalue weighted by Crippen LogP contribution is 2.36. The van der Waals surface area contributed by atoms with Crippen molar-refractivity contribution >= 4 is 0 Å². The van der Waals surface area contributed by atoms with Crippen molar-refractivity contribution in [3.63, 3.8) is 0 Å². The van der Waals surface area contributed by atoms with Gasteiger partial charge in [-0.1, -0.05) is 66.7 Å². The van der Waals surface area contributed by atoms with Crippen molar-refractivity contribution in [3.05, 3.63) is 35.1 Å². The summed E-state index contributed by atoms with van der Waals surface area (Å²) in [7, 11) is 0. The minimum atomic E-state index is 0.150. The fourth-order valence-corrected chi connectivity index (χ4v) is 2.16. The van der Waals surface area contributed by atoms with Crippen LogP contribution in [0.5, 0.6) is 0 Å². The molecule has 1 nitrogen and oxygen atoms in total. The molecule has 0 aromatic rings. The van der Waals surface area contributed by atoms with Gasteiger partial charge in [-0.25, -0.2) is 0 Å². The van der Waals surface area contributed by atoms with E-state index in [9.17, 15) is 0 Å². The van der Waals surface area contributed by atoms with Gasteiger partial charge in [-0.05, 0) is 12.5 Å². The highest BCUT2D eigenvalue weighted by atomic mass is 16.5. The van der Waals surface area contributed by atoms with E-state index < -0.39 is 0 Å². The van der Waals surface area contributed by atoms with Gasteiger partial charge in [-0.2, -0.15) is 0 Å². The van der Waals surface area contributed by atoms with Crippen LogP contribution in [0.1, 0.15) is 55.4 Å². The van der Waals surface area contributed by atoms with E-state index in [1.54, 1.807) is 0 Å². The molecule has 0 aromatic heterocycles. The Bertz CT molecular complexity index is 343. The first kappa shape index (κ1) is 17.0. The second-order valence-corrected chi connectivity index (χ2v) is 4.98. The molecule has 0 spiro atoms. The number of hydrogen-bond acceptors (Lipinski definition) is 1. The summed E-state index contributed by atoms with van der Waals surface area (Å²) in [4.78, 5) is 0. The summed E-state index contributed by atoms with van der Waals surface area (Å²) in [6.07, 6.45) is 6.79. The minimum absolute atomic E-state index is 0.150. The fraction of sp³-hybridized carbons (Fsp3) is 0.647. The monoisotopic (exact) mass is 250 g/mol. The predicted molar refractivity (Wildman–Crippen MR) is 81.5 cm³/mol. The van der Waals surface area contributed by atoms with E-state index >= 15 is 0 Å². The molecule has 1 heterocycles. The van der Waals surface area contributed by atoms with Gasteiger partial charge >= 0.3 is 0 Å². The summed E-state index contributed by atoms with van der Waals surface area (Å²) in [5.74, 6) is 1.65. The molecule has 0 saturated heterocycles. The normalized spacial score (nSPS) is 23.6. The molecule has 2 aliphatic rings. The van der Waals surface area contributed by atoms with E-state index in [0.717, 1.165) is 12.4 Å². The maximum absolute atomic E-state index is 5.71. The van der Waals surface area contributed by atoms with Gasteiger partial charge in [0.2, 0.25) is 0 Å². The van der Waals surface area contributed by atoms with Crippen LogP contribution in [0.2, 0.25) is 0 Å². The lowest BCUT2D eigenvalue weighted by Gasteiger charge is -2.15. The van der Waals surface area contributed by atoms with Crippen LogP contribution < -0.4 is 0 Å². The van der Waals surface area contributed by atoms with E-state index in [1.165, 1.54) is 11.1 Å². The van der Waals surface area contributed by atoms with Crippen molar-refractivity contribution in [1.29, 1.82) is 0 Å². The molecule has 0 amide bonds.